The predicted molar refractivity (Wildman–Crippen MR) is 82.7 cm³/mol. The fourth-order valence-electron chi connectivity index (χ4n) is 1.96. The van der Waals surface area contributed by atoms with Gasteiger partial charge in [-0.05, 0) is 36.8 Å². The SMILES string of the molecule is CCOC(=O)c1ccccc1NCc1ccc(OC)cc1. The molecule has 4 nitrogen and oxygen atoms in total. The Bertz CT molecular complexity index is 593. The van der Waals surface area contributed by atoms with Gasteiger partial charge in [0.15, 0.2) is 0 Å². The van der Waals surface area contributed by atoms with Gasteiger partial charge in [0.2, 0.25) is 0 Å². The molecule has 0 saturated heterocycles. The third-order valence-electron chi connectivity index (χ3n) is 3.06. The first-order valence-corrected chi connectivity index (χ1v) is 6.87. The lowest BCUT2D eigenvalue weighted by Gasteiger charge is -2.11. The monoisotopic (exact) mass is 285 g/mol. The van der Waals surface area contributed by atoms with E-state index in [-0.39, 0.29) is 5.97 Å². The zero-order chi connectivity index (χ0) is 15.1. The fraction of sp³-hybridized carbons (Fsp3) is 0.235. The van der Waals surface area contributed by atoms with Crippen molar-refractivity contribution in [2.24, 2.45) is 0 Å². The summed E-state index contributed by atoms with van der Waals surface area (Å²) in [4.78, 5) is 11.9. The largest absolute Gasteiger partial charge is 0.497 e. The van der Waals surface area contributed by atoms with Crippen LogP contribution in [-0.2, 0) is 11.3 Å². The standard InChI is InChI=1S/C17H19NO3/c1-3-21-17(19)15-6-4-5-7-16(15)18-12-13-8-10-14(20-2)11-9-13/h4-11,18H,3,12H2,1-2H3. The van der Waals surface area contributed by atoms with Crippen molar-refractivity contribution in [2.45, 2.75) is 13.5 Å². The van der Waals surface area contributed by atoms with E-state index < -0.39 is 0 Å². The van der Waals surface area contributed by atoms with Crippen LogP contribution in [0.1, 0.15) is 22.8 Å². The Labute approximate surface area is 124 Å². The fourth-order valence-corrected chi connectivity index (χ4v) is 1.96. The van der Waals surface area contributed by atoms with E-state index in [1.165, 1.54) is 0 Å². The van der Waals surface area contributed by atoms with E-state index >= 15 is 0 Å². The van der Waals surface area contributed by atoms with Gasteiger partial charge in [0.05, 0.1) is 19.3 Å². The predicted octanol–water partition coefficient (Wildman–Crippen LogP) is 3.48. The lowest BCUT2D eigenvalue weighted by Crippen LogP contribution is -2.09. The Morgan fingerprint density at radius 3 is 2.48 bits per heavy atom. The number of methoxy groups -OCH3 is 1. The number of para-hydroxylation sites is 1. The molecule has 110 valence electrons. The molecule has 2 aromatic rings. The highest BCUT2D eigenvalue weighted by Crippen LogP contribution is 2.18. The van der Waals surface area contributed by atoms with Crippen molar-refractivity contribution in [1.29, 1.82) is 0 Å². The highest BCUT2D eigenvalue weighted by molar-refractivity contribution is 5.95. The van der Waals surface area contributed by atoms with Crippen molar-refractivity contribution in [3.05, 3.63) is 59.7 Å². The van der Waals surface area contributed by atoms with Gasteiger partial charge in [-0.2, -0.15) is 0 Å². The van der Waals surface area contributed by atoms with Gasteiger partial charge in [0.25, 0.3) is 0 Å². The molecule has 4 heteroatoms. The topological polar surface area (TPSA) is 47.6 Å². The van der Waals surface area contributed by atoms with Crippen LogP contribution in [0.5, 0.6) is 5.75 Å². The number of hydrogen-bond donors (Lipinski definition) is 1. The lowest BCUT2D eigenvalue weighted by atomic mass is 10.1. The lowest BCUT2D eigenvalue weighted by molar-refractivity contribution is 0.0527. The molecule has 0 spiro atoms. The second-order valence-electron chi connectivity index (χ2n) is 4.47. The number of hydrogen-bond acceptors (Lipinski definition) is 4. The molecule has 0 fully saturated rings. The number of anilines is 1. The van der Waals surface area contributed by atoms with Crippen molar-refractivity contribution >= 4 is 11.7 Å². The Morgan fingerprint density at radius 2 is 1.81 bits per heavy atom. The Kier molecular flexibility index (Phi) is 5.21. The van der Waals surface area contributed by atoms with Gasteiger partial charge in [0, 0.05) is 12.2 Å². The van der Waals surface area contributed by atoms with Gasteiger partial charge >= 0.3 is 5.97 Å². The first-order chi connectivity index (χ1) is 10.2. The average Bonchev–Trinajstić information content (AvgIpc) is 2.54. The van der Waals surface area contributed by atoms with Crippen molar-refractivity contribution in [3.8, 4) is 5.75 Å². The molecule has 0 aromatic heterocycles. The third kappa shape index (κ3) is 3.99. The smallest absolute Gasteiger partial charge is 0.340 e. The van der Waals surface area contributed by atoms with Crippen LogP contribution in [0.3, 0.4) is 0 Å². The maximum Gasteiger partial charge on any atom is 0.340 e. The molecule has 0 amide bonds. The summed E-state index contributed by atoms with van der Waals surface area (Å²) in [6.07, 6.45) is 0. The number of carbonyl (C=O) groups excluding carboxylic acids is 1. The van der Waals surface area contributed by atoms with Gasteiger partial charge in [-0.25, -0.2) is 4.79 Å². The first kappa shape index (κ1) is 14.9. The van der Waals surface area contributed by atoms with Crippen LogP contribution in [-0.4, -0.2) is 19.7 Å². The van der Waals surface area contributed by atoms with E-state index in [4.69, 9.17) is 9.47 Å². The van der Waals surface area contributed by atoms with Crippen LogP contribution in [0.2, 0.25) is 0 Å². The molecular weight excluding hydrogens is 266 g/mol. The summed E-state index contributed by atoms with van der Waals surface area (Å²) >= 11 is 0. The molecule has 0 unspecified atom stereocenters. The van der Waals surface area contributed by atoms with Gasteiger partial charge < -0.3 is 14.8 Å². The van der Waals surface area contributed by atoms with Gasteiger partial charge in [-0.3, -0.25) is 0 Å². The zero-order valence-electron chi connectivity index (χ0n) is 12.3. The number of benzene rings is 2. The van der Waals surface area contributed by atoms with E-state index in [2.05, 4.69) is 5.32 Å². The molecule has 0 aliphatic rings. The zero-order valence-corrected chi connectivity index (χ0v) is 12.3. The average molecular weight is 285 g/mol. The molecule has 2 aromatic carbocycles. The van der Waals surface area contributed by atoms with Crippen LogP contribution < -0.4 is 10.1 Å². The summed E-state index contributed by atoms with van der Waals surface area (Å²) in [6, 6.07) is 15.1. The van der Waals surface area contributed by atoms with E-state index in [0.717, 1.165) is 17.0 Å². The maximum absolute atomic E-state index is 11.9. The molecular formula is C17H19NO3. The maximum atomic E-state index is 11.9. The van der Waals surface area contributed by atoms with E-state index in [0.29, 0.717) is 18.7 Å². The Morgan fingerprint density at radius 1 is 1.10 bits per heavy atom. The van der Waals surface area contributed by atoms with Crippen LogP contribution in [0.25, 0.3) is 0 Å². The van der Waals surface area contributed by atoms with Crippen LogP contribution in [0.4, 0.5) is 5.69 Å². The summed E-state index contributed by atoms with van der Waals surface area (Å²) in [7, 11) is 1.64. The second kappa shape index (κ2) is 7.33. The molecule has 2 rings (SSSR count). The second-order valence-corrected chi connectivity index (χ2v) is 4.47. The molecule has 0 heterocycles. The number of carbonyl (C=O) groups is 1. The van der Waals surface area contributed by atoms with E-state index in [1.54, 1.807) is 20.1 Å². The minimum Gasteiger partial charge on any atom is -0.497 e. The molecule has 0 aliphatic carbocycles. The van der Waals surface area contributed by atoms with Crippen molar-refractivity contribution in [3.63, 3.8) is 0 Å². The van der Waals surface area contributed by atoms with Crippen molar-refractivity contribution in [2.75, 3.05) is 19.0 Å². The van der Waals surface area contributed by atoms with E-state index in [9.17, 15) is 4.79 Å². The summed E-state index contributed by atoms with van der Waals surface area (Å²) in [5.41, 5.74) is 2.43. The van der Waals surface area contributed by atoms with Gasteiger partial charge in [0.1, 0.15) is 5.75 Å². The van der Waals surface area contributed by atoms with Gasteiger partial charge in [-0.15, -0.1) is 0 Å². The third-order valence-corrected chi connectivity index (χ3v) is 3.06. The molecule has 0 saturated carbocycles. The molecule has 0 radical (unpaired) electrons. The number of rotatable bonds is 6. The Hall–Kier alpha value is -2.49. The molecule has 0 aliphatic heterocycles. The highest BCUT2D eigenvalue weighted by atomic mass is 16.5. The summed E-state index contributed by atoms with van der Waals surface area (Å²) in [5, 5.41) is 3.26. The summed E-state index contributed by atoms with van der Waals surface area (Å²) in [5.74, 6) is 0.515. The van der Waals surface area contributed by atoms with Crippen LogP contribution >= 0.6 is 0 Å². The molecule has 21 heavy (non-hydrogen) atoms. The van der Waals surface area contributed by atoms with Crippen LogP contribution in [0.15, 0.2) is 48.5 Å². The minimum atomic E-state index is -0.310. The number of nitrogens with one attached hydrogen (secondary N) is 1. The van der Waals surface area contributed by atoms with Gasteiger partial charge in [-0.1, -0.05) is 24.3 Å². The number of ether oxygens (including phenoxy) is 2. The quantitative estimate of drug-likeness (QED) is 0.825. The van der Waals surface area contributed by atoms with Crippen LogP contribution in [0, 0.1) is 0 Å². The summed E-state index contributed by atoms with van der Waals surface area (Å²) in [6.45, 7) is 2.79. The minimum absolute atomic E-state index is 0.310. The highest BCUT2D eigenvalue weighted by Gasteiger charge is 2.11. The Balaban J connectivity index is 2.07. The first-order valence-electron chi connectivity index (χ1n) is 6.87. The summed E-state index contributed by atoms with van der Waals surface area (Å²) < 4.78 is 10.2. The molecule has 0 bridgehead atoms. The molecule has 0 atom stereocenters. The number of esters is 1. The van der Waals surface area contributed by atoms with Crippen molar-refractivity contribution < 1.29 is 14.3 Å². The van der Waals surface area contributed by atoms with Crippen molar-refractivity contribution in [1.82, 2.24) is 0 Å². The molecule has 1 N–H and O–H groups in total. The normalized spacial score (nSPS) is 10.0. The van der Waals surface area contributed by atoms with E-state index in [1.807, 2.05) is 42.5 Å².